The molecule has 0 bridgehead atoms. The van der Waals surface area contributed by atoms with Crippen LogP contribution in [0.15, 0.2) is 54.6 Å². The first-order valence-corrected chi connectivity index (χ1v) is 21.4. The van der Waals surface area contributed by atoms with Crippen LogP contribution < -0.4 is 24.8 Å². The molecular formula is C47H63N5O10. The van der Waals surface area contributed by atoms with Gasteiger partial charge >= 0.3 is 5.97 Å². The fourth-order valence-corrected chi connectivity index (χ4v) is 6.29. The topological polar surface area (TPSA) is 212 Å². The second-order valence-corrected chi connectivity index (χ2v) is 16.5. The van der Waals surface area contributed by atoms with Crippen molar-refractivity contribution in [2.45, 2.75) is 130 Å². The fraction of sp³-hybridized carbons (Fsp3) is 0.489. The fourth-order valence-electron chi connectivity index (χ4n) is 6.29. The largest absolute Gasteiger partial charge is 0.507 e. The third-order valence-corrected chi connectivity index (χ3v) is 9.88. The molecule has 15 heteroatoms. The van der Waals surface area contributed by atoms with Crippen molar-refractivity contribution in [2.24, 2.45) is 0 Å². The molecule has 3 aromatic carbocycles. The van der Waals surface area contributed by atoms with Gasteiger partial charge in [0.15, 0.2) is 34.3 Å². The number of carbonyl (C=O) groups excluding carboxylic acids is 3. The van der Waals surface area contributed by atoms with Crippen molar-refractivity contribution in [1.29, 1.82) is 0 Å². The molecule has 4 aromatic rings. The number of benzene rings is 3. The van der Waals surface area contributed by atoms with Gasteiger partial charge in [0.2, 0.25) is 0 Å². The molecule has 1 aromatic heterocycles. The first-order chi connectivity index (χ1) is 29.3. The van der Waals surface area contributed by atoms with Crippen LogP contribution in [0, 0.1) is 0 Å². The van der Waals surface area contributed by atoms with Crippen LogP contribution in [-0.2, 0) is 19.1 Å². The number of hydrogen-bond acceptors (Lipinski definition) is 13. The normalized spacial score (nSPS) is 11.8. The molecule has 0 aliphatic heterocycles. The molecule has 0 spiro atoms. The number of aromatic hydroxyl groups is 3. The van der Waals surface area contributed by atoms with Crippen molar-refractivity contribution in [3.8, 4) is 68.7 Å². The van der Waals surface area contributed by atoms with Gasteiger partial charge < -0.3 is 44.9 Å². The van der Waals surface area contributed by atoms with Gasteiger partial charge in [-0.25, -0.2) is 19.7 Å². The molecule has 0 aliphatic carbocycles. The van der Waals surface area contributed by atoms with E-state index in [-0.39, 0.29) is 87.1 Å². The average Bonchev–Trinajstić information content (AvgIpc) is 3.20. The molecule has 2 amide bonds. The van der Waals surface area contributed by atoms with Crippen molar-refractivity contribution in [3.05, 3.63) is 54.6 Å². The van der Waals surface area contributed by atoms with Crippen molar-refractivity contribution in [1.82, 2.24) is 25.6 Å². The van der Waals surface area contributed by atoms with Gasteiger partial charge in [0.1, 0.15) is 34.5 Å². The molecule has 62 heavy (non-hydrogen) atoms. The van der Waals surface area contributed by atoms with E-state index in [1.54, 1.807) is 60.6 Å². The molecular weight excluding hydrogens is 795 g/mol. The summed E-state index contributed by atoms with van der Waals surface area (Å²) < 4.78 is 23.0. The molecule has 336 valence electrons. The van der Waals surface area contributed by atoms with E-state index >= 15 is 0 Å². The zero-order valence-electron chi connectivity index (χ0n) is 37.5. The Kier molecular flexibility index (Phi) is 16.9. The molecule has 4 rings (SSSR count). The van der Waals surface area contributed by atoms with Gasteiger partial charge in [-0.3, -0.25) is 9.59 Å². The maximum atomic E-state index is 13.0. The van der Waals surface area contributed by atoms with Gasteiger partial charge in [-0.05, 0) is 97.7 Å². The van der Waals surface area contributed by atoms with Crippen LogP contribution >= 0.6 is 0 Å². The SMILES string of the molecule is CCCCCCNC(=O)C(C)(C)Oc1ccc(-c2nc(-c3ccc(OC(C)(C)C(=O)NCCCCCC)cc3O)nc(-c3ccc(OC(C)(C)C(=O)OCC)cc3O)n2)c(O)c1. The zero-order chi connectivity index (χ0) is 45.7. The first kappa shape index (κ1) is 48.5. The van der Waals surface area contributed by atoms with E-state index in [2.05, 4.69) is 39.4 Å². The van der Waals surface area contributed by atoms with Crippen molar-refractivity contribution >= 4 is 17.8 Å². The Balaban J connectivity index is 1.70. The molecule has 0 saturated heterocycles. The van der Waals surface area contributed by atoms with Crippen molar-refractivity contribution < 1.29 is 48.7 Å². The molecule has 15 nitrogen and oxygen atoms in total. The Hall–Kier alpha value is -6.12. The summed E-state index contributed by atoms with van der Waals surface area (Å²) in [7, 11) is 0. The quantitative estimate of drug-likeness (QED) is 0.0351. The number of amides is 2. The minimum absolute atomic E-state index is 0.0298. The molecule has 0 fully saturated rings. The number of nitrogens with one attached hydrogen (secondary N) is 2. The Bertz CT molecular complexity index is 2060. The minimum atomic E-state index is -1.36. The average molecular weight is 858 g/mol. The number of carbonyl (C=O) groups is 3. The standard InChI is InChI=1S/C47H63N5O10/c1-10-13-15-17-25-48-42(56)45(4,5)60-30-19-22-33(36(53)27-30)39-50-40(34-23-20-31(28-37(34)54)61-46(6,7)43(57)49-26-18-16-14-11-2)52-41(51-39)35-24-21-32(29-38(35)55)62-47(8,9)44(58)59-12-3/h19-24,27-29,53-55H,10-18,25-26H2,1-9H3,(H,48,56)(H,49,57). The summed E-state index contributed by atoms with van der Waals surface area (Å²) in [6.45, 7) is 16.8. The Labute approximate surface area is 364 Å². The lowest BCUT2D eigenvalue weighted by Crippen LogP contribution is -2.46. The van der Waals surface area contributed by atoms with Crippen LogP contribution in [-0.4, -0.2) is 84.6 Å². The van der Waals surface area contributed by atoms with E-state index in [1.165, 1.54) is 42.5 Å². The highest BCUT2D eigenvalue weighted by molar-refractivity contribution is 5.85. The smallest absolute Gasteiger partial charge is 0.349 e. The van der Waals surface area contributed by atoms with Crippen LogP contribution in [0.5, 0.6) is 34.5 Å². The van der Waals surface area contributed by atoms with Crippen LogP contribution in [0.3, 0.4) is 0 Å². The number of aromatic nitrogens is 3. The zero-order valence-corrected chi connectivity index (χ0v) is 37.5. The van der Waals surface area contributed by atoms with Crippen LogP contribution in [0.25, 0.3) is 34.2 Å². The Morgan fingerprint density at radius 2 is 0.855 bits per heavy atom. The number of hydrogen-bond donors (Lipinski definition) is 5. The molecule has 0 atom stereocenters. The number of phenolic OH excluding ortho intramolecular Hbond substituents is 3. The summed E-state index contributed by atoms with van der Waals surface area (Å²) in [4.78, 5) is 52.3. The van der Waals surface area contributed by atoms with Crippen LogP contribution in [0.4, 0.5) is 0 Å². The molecule has 0 saturated carbocycles. The highest BCUT2D eigenvalue weighted by Gasteiger charge is 2.33. The summed E-state index contributed by atoms with van der Waals surface area (Å²) in [5.41, 5.74) is -3.44. The summed E-state index contributed by atoms with van der Waals surface area (Å²) in [5.74, 6) is -1.55. The molecule has 0 unspecified atom stereocenters. The second kappa shape index (κ2) is 21.6. The van der Waals surface area contributed by atoms with E-state index in [9.17, 15) is 29.7 Å². The maximum absolute atomic E-state index is 13.0. The summed E-state index contributed by atoms with van der Waals surface area (Å²) >= 11 is 0. The molecule has 5 N–H and O–H groups in total. The van der Waals surface area contributed by atoms with E-state index < -0.39 is 22.8 Å². The van der Waals surface area contributed by atoms with Crippen molar-refractivity contribution in [2.75, 3.05) is 19.7 Å². The molecule has 0 radical (unpaired) electrons. The second-order valence-electron chi connectivity index (χ2n) is 16.5. The van der Waals surface area contributed by atoms with Gasteiger partial charge in [-0.2, -0.15) is 0 Å². The van der Waals surface area contributed by atoms with E-state index in [0.717, 1.165) is 51.4 Å². The number of phenols is 3. The number of rotatable bonds is 23. The van der Waals surface area contributed by atoms with Gasteiger partial charge in [0.25, 0.3) is 11.8 Å². The lowest BCUT2D eigenvalue weighted by molar-refractivity contribution is -0.158. The maximum Gasteiger partial charge on any atom is 0.349 e. The highest BCUT2D eigenvalue weighted by Crippen LogP contribution is 2.39. The summed E-state index contributed by atoms with van der Waals surface area (Å²) in [5, 5.41) is 39.8. The van der Waals surface area contributed by atoms with E-state index in [4.69, 9.17) is 18.9 Å². The predicted octanol–water partition coefficient (Wildman–Crippen LogP) is 8.42. The third-order valence-electron chi connectivity index (χ3n) is 9.88. The number of ether oxygens (including phenoxy) is 4. The lowest BCUT2D eigenvalue weighted by Gasteiger charge is -2.25. The van der Waals surface area contributed by atoms with E-state index in [1.807, 2.05) is 0 Å². The predicted molar refractivity (Wildman–Crippen MR) is 236 cm³/mol. The van der Waals surface area contributed by atoms with Crippen molar-refractivity contribution in [3.63, 3.8) is 0 Å². The number of esters is 1. The summed E-state index contributed by atoms with van der Waals surface area (Å²) in [6.07, 6.45) is 8.10. The van der Waals surface area contributed by atoms with E-state index in [0.29, 0.717) is 13.1 Å². The number of nitrogens with zero attached hydrogens (tertiary/aromatic N) is 3. The third kappa shape index (κ3) is 13.2. The summed E-state index contributed by atoms with van der Waals surface area (Å²) in [6, 6.07) is 13.2. The molecule has 1 heterocycles. The minimum Gasteiger partial charge on any atom is -0.507 e. The van der Waals surface area contributed by atoms with Crippen LogP contribution in [0.2, 0.25) is 0 Å². The van der Waals surface area contributed by atoms with Gasteiger partial charge in [0.05, 0.1) is 23.3 Å². The van der Waals surface area contributed by atoms with Crippen LogP contribution in [0.1, 0.15) is 114 Å². The van der Waals surface area contributed by atoms with Gasteiger partial charge in [-0.1, -0.05) is 52.4 Å². The lowest BCUT2D eigenvalue weighted by atomic mass is 10.1. The first-order valence-electron chi connectivity index (χ1n) is 21.4. The van der Waals surface area contributed by atoms with Gasteiger partial charge in [-0.15, -0.1) is 0 Å². The monoisotopic (exact) mass is 857 g/mol. The van der Waals surface area contributed by atoms with Gasteiger partial charge in [0, 0.05) is 31.3 Å². The Morgan fingerprint density at radius 3 is 1.16 bits per heavy atom. The molecule has 0 aliphatic rings. The highest BCUT2D eigenvalue weighted by atomic mass is 16.6. The number of unbranched alkanes of at least 4 members (excludes halogenated alkanes) is 6. The Morgan fingerprint density at radius 1 is 0.516 bits per heavy atom.